The van der Waals surface area contributed by atoms with Crippen LogP contribution in [0.5, 0.6) is 0 Å². The fourth-order valence-electron chi connectivity index (χ4n) is 1.45. The fourth-order valence-corrected chi connectivity index (χ4v) is 3.03. The van der Waals surface area contributed by atoms with Crippen LogP contribution in [0, 0.1) is 0 Å². The van der Waals surface area contributed by atoms with Crippen molar-refractivity contribution >= 4 is 34.0 Å². The molecule has 2 heterocycles. The Morgan fingerprint density at radius 2 is 2.56 bits per heavy atom. The predicted octanol–water partition coefficient (Wildman–Crippen LogP) is 1.52. The fraction of sp³-hybridized carbons (Fsp3) is 0.455. The van der Waals surface area contributed by atoms with E-state index in [0.717, 1.165) is 16.4 Å². The molecular formula is C11H15N3O2S2. The van der Waals surface area contributed by atoms with Gasteiger partial charge in [0.15, 0.2) is 4.96 Å². The van der Waals surface area contributed by atoms with Crippen molar-refractivity contribution in [3.8, 4) is 0 Å². The number of ether oxygens (including phenoxy) is 1. The molecule has 0 radical (unpaired) electrons. The molecule has 0 aromatic carbocycles. The van der Waals surface area contributed by atoms with Crippen molar-refractivity contribution in [1.29, 1.82) is 0 Å². The smallest absolute Gasteiger partial charge is 0.323 e. The van der Waals surface area contributed by atoms with Crippen LogP contribution < -0.4 is 5.73 Å². The second-order valence-corrected chi connectivity index (χ2v) is 5.60. The Kier molecular flexibility index (Phi) is 4.62. The molecule has 0 fully saturated rings. The summed E-state index contributed by atoms with van der Waals surface area (Å²) in [5.41, 5.74) is 6.71. The molecule has 0 saturated carbocycles. The molecule has 0 spiro atoms. The minimum Gasteiger partial charge on any atom is -0.465 e. The Morgan fingerprint density at radius 1 is 1.72 bits per heavy atom. The largest absolute Gasteiger partial charge is 0.465 e. The van der Waals surface area contributed by atoms with E-state index in [1.807, 2.05) is 22.2 Å². The number of thiazole rings is 1. The van der Waals surface area contributed by atoms with E-state index in [1.165, 1.54) is 0 Å². The maximum Gasteiger partial charge on any atom is 0.323 e. The average molecular weight is 285 g/mol. The Bertz CT molecular complexity index is 495. The first kappa shape index (κ1) is 13.4. The van der Waals surface area contributed by atoms with Crippen LogP contribution in [0.25, 0.3) is 4.96 Å². The van der Waals surface area contributed by atoms with Gasteiger partial charge in [-0.15, -0.1) is 11.3 Å². The van der Waals surface area contributed by atoms with E-state index < -0.39 is 6.04 Å². The van der Waals surface area contributed by atoms with Gasteiger partial charge in [-0.1, -0.05) is 0 Å². The van der Waals surface area contributed by atoms with Crippen LogP contribution in [0.2, 0.25) is 0 Å². The van der Waals surface area contributed by atoms with E-state index >= 15 is 0 Å². The summed E-state index contributed by atoms with van der Waals surface area (Å²) in [6, 6.07) is -0.557. The first-order valence-electron chi connectivity index (χ1n) is 5.61. The van der Waals surface area contributed by atoms with Crippen molar-refractivity contribution < 1.29 is 9.53 Å². The van der Waals surface area contributed by atoms with Gasteiger partial charge < -0.3 is 10.5 Å². The summed E-state index contributed by atoms with van der Waals surface area (Å²) in [7, 11) is 0. The van der Waals surface area contributed by atoms with Crippen molar-refractivity contribution in [1.82, 2.24) is 9.38 Å². The number of hydrogen-bond acceptors (Lipinski definition) is 6. The summed E-state index contributed by atoms with van der Waals surface area (Å²) >= 11 is 3.19. The number of aromatic nitrogens is 2. The number of rotatable bonds is 6. The van der Waals surface area contributed by atoms with Gasteiger partial charge in [0.1, 0.15) is 6.04 Å². The lowest BCUT2D eigenvalue weighted by molar-refractivity contribution is -0.144. The van der Waals surface area contributed by atoms with Crippen molar-refractivity contribution in [2.45, 2.75) is 18.7 Å². The zero-order chi connectivity index (χ0) is 13.0. The normalized spacial score (nSPS) is 12.8. The second kappa shape index (κ2) is 6.21. The van der Waals surface area contributed by atoms with Gasteiger partial charge in [-0.3, -0.25) is 9.20 Å². The monoisotopic (exact) mass is 285 g/mol. The third kappa shape index (κ3) is 3.24. The molecule has 1 atom stereocenters. The van der Waals surface area contributed by atoms with E-state index in [9.17, 15) is 4.79 Å². The highest BCUT2D eigenvalue weighted by atomic mass is 32.2. The van der Waals surface area contributed by atoms with Crippen LogP contribution >= 0.6 is 23.1 Å². The topological polar surface area (TPSA) is 69.6 Å². The standard InChI is InChI=1S/C11H15N3O2S2/c1-2-16-10(15)9(12)7-17-6-8-5-14-3-4-18-11(14)13-8/h3-5,9H,2,6-7,12H2,1H3. The maximum atomic E-state index is 11.3. The van der Waals surface area contributed by atoms with Gasteiger partial charge in [0.25, 0.3) is 0 Å². The first-order chi connectivity index (χ1) is 8.70. The van der Waals surface area contributed by atoms with E-state index in [0.29, 0.717) is 12.4 Å². The highest BCUT2D eigenvalue weighted by Gasteiger charge is 2.14. The molecule has 0 aliphatic rings. The third-order valence-electron chi connectivity index (χ3n) is 2.28. The van der Waals surface area contributed by atoms with Crippen molar-refractivity contribution in [3.63, 3.8) is 0 Å². The number of hydrogen-bond donors (Lipinski definition) is 1. The summed E-state index contributed by atoms with van der Waals surface area (Å²) < 4.78 is 6.84. The lowest BCUT2D eigenvalue weighted by atomic mass is 10.4. The van der Waals surface area contributed by atoms with E-state index in [1.54, 1.807) is 30.0 Å². The highest BCUT2D eigenvalue weighted by Crippen LogP contribution is 2.16. The molecule has 7 heteroatoms. The average Bonchev–Trinajstić information content (AvgIpc) is 2.89. The summed E-state index contributed by atoms with van der Waals surface area (Å²) in [5.74, 6) is 0.960. The molecule has 1 unspecified atom stereocenters. The third-order valence-corrected chi connectivity index (χ3v) is 4.15. The van der Waals surface area contributed by atoms with Crippen LogP contribution in [0.3, 0.4) is 0 Å². The molecule has 0 aliphatic carbocycles. The number of imidazole rings is 1. The first-order valence-corrected chi connectivity index (χ1v) is 7.65. The molecule has 5 nitrogen and oxygen atoms in total. The Morgan fingerprint density at radius 3 is 3.28 bits per heavy atom. The van der Waals surface area contributed by atoms with Gasteiger partial charge in [0.05, 0.1) is 12.3 Å². The Labute approximate surface area is 113 Å². The number of thioether (sulfide) groups is 1. The van der Waals surface area contributed by atoms with E-state index in [4.69, 9.17) is 10.5 Å². The molecule has 2 aromatic rings. The van der Waals surface area contributed by atoms with Gasteiger partial charge in [-0.2, -0.15) is 11.8 Å². The quantitative estimate of drug-likeness (QED) is 0.815. The van der Waals surface area contributed by atoms with Gasteiger partial charge in [-0.25, -0.2) is 4.98 Å². The number of carbonyl (C=O) groups is 1. The van der Waals surface area contributed by atoms with E-state index in [2.05, 4.69) is 4.98 Å². The Hall–Kier alpha value is -1.05. The maximum absolute atomic E-state index is 11.3. The minimum absolute atomic E-state index is 0.337. The van der Waals surface area contributed by atoms with Gasteiger partial charge in [0.2, 0.25) is 0 Å². The number of carbonyl (C=O) groups excluding carboxylic acids is 1. The van der Waals surface area contributed by atoms with Gasteiger partial charge in [0, 0.05) is 29.3 Å². The number of nitrogens with zero attached hydrogens (tertiary/aromatic N) is 2. The summed E-state index contributed by atoms with van der Waals surface area (Å²) in [6.07, 6.45) is 3.97. The SMILES string of the molecule is CCOC(=O)C(N)CSCc1cn2ccsc2n1. The van der Waals surface area contributed by atoms with Gasteiger partial charge >= 0.3 is 5.97 Å². The summed E-state index contributed by atoms with van der Waals surface area (Å²) in [5, 5.41) is 2.00. The Balaban J connectivity index is 1.78. The number of nitrogens with two attached hydrogens (primary N) is 1. The predicted molar refractivity (Wildman–Crippen MR) is 73.8 cm³/mol. The highest BCUT2D eigenvalue weighted by molar-refractivity contribution is 7.98. The van der Waals surface area contributed by atoms with Gasteiger partial charge in [-0.05, 0) is 6.92 Å². The molecule has 2 N–H and O–H groups in total. The van der Waals surface area contributed by atoms with Crippen LogP contribution in [-0.4, -0.2) is 33.8 Å². The van der Waals surface area contributed by atoms with Crippen LogP contribution in [0.1, 0.15) is 12.6 Å². The second-order valence-electron chi connectivity index (χ2n) is 3.70. The lowest BCUT2D eigenvalue weighted by Crippen LogP contribution is -2.34. The zero-order valence-electron chi connectivity index (χ0n) is 10.0. The number of esters is 1. The number of fused-ring (bicyclic) bond motifs is 1. The molecular weight excluding hydrogens is 270 g/mol. The van der Waals surface area contributed by atoms with Crippen molar-refractivity contribution in [2.75, 3.05) is 12.4 Å². The van der Waals surface area contributed by atoms with E-state index in [-0.39, 0.29) is 5.97 Å². The minimum atomic E-state index is -0.557. The van der Waals surface area contributed by atoms with Crippen LogP contribution in [0.15, 0.2) is 17.8 Å². The van der Waals surface area contributed by atoms with Crippen molar-refractivity contribution in [3.05, 3.63) is 23.5 Å². The molecule has 0 amide bonds. The summed E-state index contributed by atoms with van der Waals surface area (Å²) in [4.78, 5) is 16.7. The molecule has 98 valence electrons. The molecule has 0 bridgehead atoms. The van der Waals surface area contributed by atoms with Crippen LogP contribution in [-0.2, 0) is 15.3 Å². The van der Waals surface area contributed by atoms with Crippen molar-refractivity contribution in [2.24, 2.45) is 5.73 Å². The lowest BCUT2D eigenvalue weighted by Gasteiger charge is -2.09. The molecule has 2 aromatic heterocycles. The van der Waals surface area contributed by atoms with Crippen LogP contribution in [0.4, 0.5) is 0 Å². The molecule has 18 heavy (non-hydrogen) atoms. The molecule has 0 aliphatic heterocycles. The zero-order valence-corrected chi connectivity index (χ0v) is 11.7. The molecule has 0 saturated heterocycles. The summed E-state index contributed by atoms with van der Waals surface area (Å²) in [6.45, 7) is 2.14. The molecule has 2 rings (SSSR count).